The zero-order chi connectivity index (χ0) is 19.3. The topological polar surface area (TPSA) is 57.3 Å². The lowest BCUT2D eigenvalue weighted by molar-refractivity contribution is -0.932. The summed E-state index contributed by atoms with van der Waals surface area (Å²) in [7, 11) is 1.68. The number of nitrogens with one attached hydrogen (secondary N) is 1. The average molecular weight is 379 g/mol. The Morgan fingerprint density at radius 1 is 1.07 bits per heavy atom. The van der Waals surface area contributed by atoms with Crippen LogP contribution in [0.5, 0.6) is 5.75 Å². The number of tetrazole rings is 1. The van der Waals surface area contributed by atoms with Crippen LogP contribution in [-0.4, -0.2) is 40.4 Å². The zero-order valence-electron chi connectivity index (χ0n) is 16.6. The Morgan fingerprint density at radius 2 is 1.79 bits per heavy atom. The number of aromatic nitrogens is 4. The molecular weight excluding hydrogens is 350 g/mol. The molecule has 2 heterocycles. The minimum Gasteiger partial charge on any atom is -0.497 e. The Morgan fingerprint density at radius 3 is 2.46 bits per heavy atom. The number of rotatable bonds is 6. The first-order valence-corrected chi connectivity index (χ1v) is 10.0. The molecule has 1 saturated heterocycles. The number of nitrogens with zero attached hydrogens (tertiary/aromatic N) is 4. The van der Waals surface area contributed by atoms with Crippen LogP contribution < -0.4 is 9.64 Å². The third kappa shape index (κ3) is 4.07. The molecule has 1 aliphatic heterocycles. The molecule has 0 amide bonds. The average Bonchev–Trinajstić information content (AvgIpc) is 3.19. The van der Waals surface area contributed by atoms with Gasteiger partial charge in [-0.05, 0) is 46.9 Å². The fourth-order valence-electron chi connectivity index (χ4n) is 4.07. The lowest BCUT2D eigenvalue weighted by Gasteiger charge is -2.33. The quantitative estimate of drug-likeness (QED) is 0.714. The van der Waals surface area contributed by atoms with Gasteiger partial charge >= 0.3 is 0 Å². The van der Waals surface area contributed by atoms with Gasteiger partial charge in [-0.3, -0.25) is 0 Å². The normalized spacial score (nSPS) is 20.6. The molecule has 0 saturated carbocycles. The predicted octanol–water partition coefficient (Wildman–Crippen LogP) is 2.13. The third-order valence-electron chi connectivity index (χ3n) is 5.77. The molecule has 0 bridgehead atoms. The Kier molecular flexibility index (Phi) is 5.67. The first-order chi connectivity index (χ1) is 13.7. The Hall–Kier alpha value is -2.73. The molecule has 1 aromatic heterocycles. The maximum absolute atomic E-state index is 5.26. The Balaban J connectivity index is 1.64. The molecule has 3 aromatic rings. The highest BCUT2D eigenvalue weighted by molar-refractivity contribution is 5.28. The minimum atomic E-state index is 0.155. The maximum Gasteiger partial charge on any atom is 0.214 e. The molecule has 0 aliphatic carbocycles. The van der Waals surface area contributed by atoms with E-state index in [0.29, 0.717) is 6.54 Å². The number of likely N-dealkylation sites (tertiary alicyclic amines) is 1. The van der Waals surface area contributed by atoms with Gasteiger partial charge in [-0.2, -0.15) is 0 Å². The van der Waals surface area contributed by atoms with E-state index in [2.05, 4.69) is 64.9 Å². The lowest BCUT2D eigenvalue weighted by atomic mass is 9.95. The van der Waals surface area contributed by atoms with E-state index in [1.807, 2.05) is 16.8 Å². The SMILES string of the molecule is COc1ccc(Cn2nnnc2[C@H](c2ccccc2)[NH+]2CCC(C)CC2)cc1. The molecule has 1 atom stereocenters. The number of quaternary nitrogens is 1. The molecule has 6 heteroatoms. The molecular formula is C22H28N5O+. The summed E-state index contributed by atoms with van der Waals surface area (Å²) in [6.45, 7) is 5.30. The van der Waals surface area contributed by atoms with E-state index >= 15 is 0 Å². The maximum atomic E-state index is 5.26. The molecule has 1 fully saturated rings. The number of methoxy groups -OCH3 is 1. The van der Waals surface area contributed by atoms with E-state index in [-0.39, 0.29) is 6.04 Å². The summed E-state index contributed by atoms with van der Waals surface area (Å²) in [6.07, 6.45) is 2.50. The summed E-state index contributed by atoms with van der Waals surface area (Å²) in [5, 5.41) is 12.8. The van der Waals surface area contributed by atoms with E-state index in [1.165, 1.54) is 18.4 Å². The van der Waals surface area contributed by atoms with Gasteiger partial charge < -0.3 is 9.64 Å². The van der Waals surface area contributed by atoms with E-state index in [4.69, 9.17) is 4.74 Å². The second-order valence-electron chi connectivity index (χ2n) is 7.73. The Bertz CT molecular complexity index is 869. The van der Waals surface area contributed by atoms with Gasteiger partial charge in [0.15, 0.2) is 6.04 Å². The molecule has 4 rings (SSSR count). The number of hydrogen-bond acceptors (Lipinski definition) is 4. The van der Waals surface area contributed by atoms with Gasteiger partial charge in [0, 0.05) is 5.56 Å². The van der Waals surface area contributed by atoms with E-state index < -0.39 is 0 Å². The first-order valence-electron chi connectivity index (χ1n) is 10.0. The third-order valence-corrected chi connectivity index (χ3v) is 5.77. The monoisotopic (exact) mass is 378 g/mol. The van der Waals surface area contributed by atoms with Crippen molar-refractivity contribution < 1.29 is 9.64 Å². The zero-order valence-corrected chi connectivity index (χ0v) is 16.6. The molecule has 1 N–H and O–H groups in total. The number of benzene rings is 2. The molecule has 2 aromatic carbocycles. The molecule has 146 valence electrons. The largest absolute Gasteiger partial charge is 0.497 e. The van der Waals surface area contributed by atoms with E-state index in [0.717, 1.165) is 36.1 Å². The van der Waals surface area contributed by atoms with Crippen molar-refractivity contribution in [3.05, 3.63) is 71.5 Å². The van der Waals surface area contributed by atoms with Gasteiger partial charge in [-0.15, -0.1) is 5.10 Å². The lowest BCUT2D eigenvalue weighted by Crippen LogP contribution is -3.13. The van der Waals surface area contributed by atoms with Crippen molar-refractivity contribution in [1.82, 2.24) is 20.2 Å². The molecule has 0 radical (unpaired) electrons. The van der Waals surface area contributed by atoms with Gasteiger partial charge in [0.1, 0.15) is 5.75 Å². The van der Waals surface area contributed by atoms with Crippen LogP contribution in [0.15, 0.2) is 54.6 Å². The highest BCUT2D eigenvalue weighted by atomic mass is 16.5. The van der Waals surface area contributed by atoms with Crippen LogP contribution in [0.25, 0.3) is 0 Å². The van der Waals surface area contributed by atoms with Crippen LogP contribution in [0.3, 0.4) is 0 Å². The molecule has 28 heavy (non-hydrogen) atoms. The molecule has 0 spiro atoms. The van der Waals surface area contributed by atoms with Gasteiger partial charge in [0.05, 0.1) is 26.7 Å². The standard InChI is InChI=1S/C22H27N5O/c1-17-12-14-26(15-13-17)21(19-6-4-3-5-7-19)22-23-24-25-27(22)16-18-8-10-20(28-2)11-9-18/h3-11,17,21H,12-16H2,1-2H3/p+1/t21-/m0/s1. The van der Waals surface area contributed by atoms with Gasteiger partial charge in [-0.1, -0.05) is 49.4 Å². The van der Waals surface area contributed by atoms with Crippen molar-refractivity contribution in [1.29, 1.82) is 0 Å². The predicted molar refractivity (Wildman–Crippen MR) is 107 cm³/mol. The summed E-state index contributed by atoms with van der Waals surface area (Å²) in [5.41, 5.74) is 2.43. The molecule has 1 aliphatic rings. The number of ether oxygens (including phenoxy) is 1. The summed E-state index contributed by atoms with van der Waals surface area (Å²) in [5.74, 6) is 2.59. The smallest absolute Gasteiger partial charge is 0.214 e. The van der Waals surface area contributed by atoms with Crippen LogP contribution in [0.1, 0.15) is 42.8 Å². The van der Waals surface area contributed by atoms with Crippen LogP contribution in [0.4, 0.5) is 0 Å². The van der Waals surface area contributed by atoms with E-state index in [1.54, 1.807) is 12.0 Å². The van der Waals surface area contributed by atoms with Crippen molar-refractivity contribution in [3.8, 4) is 5.75 Å². The first kappa shape index (κ1) is 18.6. The van der Waals surface area contributed by atoms with Crippen molar-refractivity contribution in [2.45, 2.75) is 32.4 Å². The number of piperidine rings is 1. The summed E-state index contributed by atoms with van der Waals surface area (Å²) >= 11 is 0. The van der Waals surface area contributed by atoms with Gasteiger partial charge in [0.2, 0.25) is 5.82 Å². The van der Waals surface area contributed by atoms with Crippen LogP contribution in [0.2, 0.25) is 0 Å². The van der Waals surface area contributed by atoms with Crippen molar-refractivity contribution in [3.63, 3.8) is 0 Å². The summed E-state index contributed by atoms with van der Waals surface area (Å²) < 4.78 is 7.21. The van der Waals surface area contributed by atoms with E-state index in [9.17, 15) is 0 Å². The second-order valence-corrected chi connectivity index (χ2v) is 7.73. The fourth-order valence-corrected chi connectivity index (χ4v) is 4.07. The van der Waals surface area contributed by atoms with Crippen LogP contribution in [-0.2, 0) is 6.54 Å². The second kappa shape index (κ2) is 8.52. The highest BCUT2D eigenvalue weighted by Gasteiger charge is 2.33. The highest BCUT2D eigenvalue weighted by Crippen LogP contribution is 2.20. The molecule has 0 unspecified atom stereocenters. The molecule has 6 nitrogen and oxygen atoms in total. The van der Waals surface area contributed by atoms with Crippen LogP contribution >= 0.6 is 0 Å². The van der Waals surface area contributed by atoms with Crippen molar-refractivity contribution in [2.24, 2.45) is 5.92 Å². The fraction of sp³-hybridized carbons (Fsp3) is 0.409. The van der Waals surface area contributed by atoms with Crippen LogP contribution in [0, 0.1) is 5.92 Å². The minimum absolute atomic E-state index is 0.155. The van der Waals surface area contributed by atoms with Crippen molar-refractivity contribution >= 4 is 0 Å². The van der Waals surface area contributed by atoms with Gasteiger partial charge in [0.25, 0.3) is 0 Å². The number of hydrogen-bond donors (Lipinski definition) is 1. The Labute approximate surface area is 166 Å². The van der Waals surface area contributed by atoms with Crippen molar-refractivity contribution in [2.75, 3.05) is 20.2 Å². The summed E-state index contributed by atoms with van der Waals surface area (Å²) in [6, 6.07) is 18.9. The summed E-state index contributed by atoms with van der Waals surface area (Å²) in [4.78, 5) is 1.55. The van der Waals surface area contributed by atoms with Gasteiger partial charge in [-0.25, -0.2) is 4.68 Å².